The number of esters is 1. The predicted molar refractivity (Wildman–Crippen MR) is 167 cm³/mol. The molecule has 0 amide bonds. The number of benzene rings is 4. The molecule has 0 saturated heterocycles. The maximum absolute atomic E-state index is 12.0. The first-order chi connectivity index (χ1) is 21.1. The Labute approximate surface area is 251 Å². The highest BCUT2D eigenvalue weighted by Gasteiger charge is 2.13. The molecule has 0 fully saturated rings. The maximum atomic E-state index is 12.0. The lowest BCUT2D eigenvalue weighted by atomic mass is 10.1. The molecule has 5 rings (SSSR count). The second-order valence-corrected chi connectivity index (χ2v) is 10.1. The zero-order valence-electron chi connectivity index (χ0n) is 24.4. The summed E-state index contributed by atoms with van der Waals surface area (Å²) in [5.74, 6) is 3.23. The van der Waals surface area contributed by atoms with Crippen molar-refractivity contribution in [2.24, 2.45) is 0 Å². The van der Waals surface area contributed by atoms with Gasteiger partial charge in [0.15, 0.2) is 11.5 Å². The van der Waals surface area contributed by atoms with Gasteiger partial charge >= 0.3 is 5.97 Å². The molecule has 0 saturated carbocycles. The third kappa shape index (κ3) is 8.23. The van der Waals surface area contributed by atoms with Crippen molar-refractivity contribution in [1.82, 2.24) is 9.97 Å². The minimum absolute atomic E-state index is 0.184. The SMILES string of the molecule is COc1cc2c(Nc3ccc(Oc4ccccc4)cc3C)ncnc2cc1OCCCCCC(=O)OCc1ccccc1. The van der Waals surface area contributed by atoms with Crippen molar-refractivity contribution in [2.45, 2.75) is 39.2 Å². The molecular formula is C35H35N3O5. The van der Waals surface area contributed by atoms with Gasteiger partial charge in [-0.15, -0.1) is 0 Å². The molecule has 5 aromatic rings. The first-order valence-electron chi connectivity index (χ1n) is 14.3. The Balaban J connectivity index is 1.15. The average molecular weight is 578 g/mol. The molecule has 4 aromatic carbocycles. The molecule has 1 heterocycles. The van der Waals surface area contributed by atoms with Crippen LogP contribution in [-0.2, 0) is 16.1 Å². The molecule has 0 radical (unpaired) electrons. The smallest absolute Gasteiger partial charge is 0.306 e. The third-order valence-corrected chi connectivity index (χ3v) is 6.88. The zero-order valence-corrected chi connectivity index (χ0v) is 24.4. The fraction of sp³-hybridized carbons (Fsp3) is 0.229. The topological polar surface area (TPSA) is 91.8 Å². The Hall–Kier alpha value is -5.11. The molecule has 1 N–H and O–H groups in total. The van der Waals surface area contributed by atoms with Gasteiger partial charge < -0.3 is 24.3 Å². The molecule has 0 unspecified atom stereocenters. The number of aryl methyl sites for hydroxylation is 1. The molecule has 0 bridgehead atoms. The number of para-hydroxylation sites is 1. The van der Waals surface area contributed by atoms with E-state index in [0.29, 0.717) is 37.0 Å². The summed E-state index contributed by atoms with van der Waals surface area (Å²) < 4.78 is 23.0. The number of anilines is 2. The number of aromatic nitrogens is 2. The lowest BCUT2D eigenvalue weighted by Crippen LogP contribution is -2.05. The van der Waals surface area contributed by atoms with Crippen molar-refractivity contribution < 1.29 is 23.7 Å². The summed E-state index contributed by atoms with van der Waals surface area (Å²) in [5, 5.41) is 4.24. The maximum Gasteiger partial charge on any atom is 0.306 e. The molecule has 8 heteroatoms. The Morgan fingerprint density at radius 2 is 1.60 bits per heavy atom. The van der Waals surface area contributed by atoms with Gasteiger partial charge in [0, 0.05) is 23.6 Å². The Kier molecular flexibility index (Phi) is 10.0. The highest BCUT2D eigenvalue weighted by Crippen LogP contribution is 2.36. The van der Waals surface area contributed by atoms with Crippen LogP contribution in [0.5, 0.6) is 23.0 Å². The number of methoxy groups -OCH3 is 1. The first kappa shape index (κ1) is 29.4. The number of unbranched alkanes of at least 4 members (excludes halogenated alkanes) is 2. The molecule has 43 heavy (non-hydrogen) atoms. The second-order valence-electron chi connectivity index (χ2n) is 10.1. The van der Waals surface area contributed by atoms with Crippen LogP contribution in [0.15, 0.2) is 97.3 Å². The van der Waals surface area contributed by atoms with Crippen LogP contribution in [0.3, 0.4) is 0 Å². The largest absolute Gasteiger partial charge is 0.493 e. The standard InChI is InChI=1S/C35H35N3O5/c1-25-20-28(43-27-14-8-4-9-15-27)17-18-30(25)38-35-29-21-32(40-2)33(22-31(29)36-24-37-35)41-19-11-5-10-16-34(39)42-23-26-12-6-3-7-13-26/h3-4,6-9,12-15,17-18,20-22,24H,5,10-11,16,19,23H2,1-2H3,(H,36,37,38). The van der Waals surface area contributed by atoms with Crippen LogP contribution in [0.1, 0.15) is 36.8 Å². The van der Waals surface area contributed by atoms with Crippen LogP contribution in [0.25, 0.3) is 10.9 Å². The van der Waals surface area contributed by atoms with Gasteiger partial charge in [-0.05, 0) is 73.7 Å². The highest BCUT2D eigenvalue weighted by molar-refractivity contribution is 5.93. The van der Waals surface area contributed by atoms with Gasteiger partial charge in [-0.1, -0.05) is 48.5 Å². The van der Waals surface area contributed by atoms with Crippen LogP contribution in [-0.4, -0.2) is 29.7 Å². The summed E-state index contributed by atoms with van der Waals surface area (Å²) in [6, 6.07) is 29.0. The Bertz CT molecular complexity index is 1640. The number of fused-ring (bicyclic) bond motifs is 1. The number of ether oxygens (including phenoxy) is 4. The molecular weight excluding hydrogens is 542 g/mol. The number of hydrogen-bond donors (Lipinski definition) is 1. The van der Waals surface area contributed by atoms with Crippen molar-refractivity contribution in [3.8, 4) is 23.0 Å². The molecule has 0 spiro atoms. The summed E-state index contributed by atoms with van der Waals surface area (Å²) in [6.07, 6.45) is 4.31. The molecule has 0 aliphatic carbocycles. The molecule has 220 valence electrons. The minimum atomic E-state index is -0.184. The quantitative estimate of drug-likeness (QED) is 0.104. The van der Waals surface area contributed by atoms with E-state index in [0.717, 1.165) is 58.5 Å². The lowest BCUT2D eigenvalue weighted by molar-refractivity contribution is -0.145. The van der Waals surface area contributed by atoms with Gasteiger partial charge in [0.25, 0.3) is 0 Å². The zero-order chi connectivity index (χ0) is 29.9. The first-order valence-corrected chi connectivity index (χ1v) is 14.3. The van der Waals surface area contributed by atoms with E-state index < -0.39 is 0 Å². The van der Waals surface area contributed by atoms with E-state index in [1.165, 1.54) is 6.33 Å². The van der Waals surface area contributed by atoms with Gasteiger partial charge in [0.2, 0.25) is 0 Å². The van der Waals surface area contributed by atoms with Crippen LogP contribution in [0.4, 0.5) is 11.5 Å². The van der Waals surface area contributed by atoms with E-state index in [1.807, 2.05) is 97.9 Å². The van der Waals surface area contributed by atoms with E-state index >= 15 is 0 Å². The van der Waals surface area contributed by atoms with Crippen molar-refractivity contribution in [1.29, 1.82) is 0 Å². The normalized spacial score (nSPS) is 10.7. The van der Waals surface area contributed by atoms with Gasteiger partial charge in [0.05, 0.1) is 19.2 Å². The van der Waals surface area contributed by atoms with Gasteiger partial charge in [0.1, 0.15) is 30.3 Å². The number of rotatable bonds is 14. The third-order valence-electron chi connectivity index (χ3n) is 6.88. The lowest BCUT2D eigenvalue weighted by Gasteiger charge is -2.15. The van der Waals surface area contributed by atoms with E-state index in [2.05, 4.69) is 15.3 Å². The second kappa shape index (κ2) is 14.7. The summed E-state index contributed by atoms with van der Waals surface area (Å²) in [4.78, 5) is 21.0. The van der Waals surface area contributed by atoms with Crippen molar-refractivity contribution in [3.63, 3.8) is 0 Å². The van der Waals surface area contributed by atoms with Crippen LogP contribution in [0.2, 0.25) is 0 Å². The summed E-state index contributed by atoms with van der Waals surface area (Å²) in [5.41, 5.74) is 3.64. The molecule has 0 aliphatic rings. The van der Waals surface area contributed by atoms with Gasteiger partial charge in [-0.3, -0.25) is 4.79 Å². The van der Waals surface area contributed by atoms with Crippen molar-refractivity contribution in [2.75, 3.05) is 19.0 Å². The van der Waals surface area contributed by atoms with E-state index in [-0.39, 0.29) is 5.97 Å². The predicted octanol–water partition coefficient (Wildman–Crippen LogP) is 8.17. The van der Waals surface area contributed by atoms with E-state index in [9.17, 15) is 4.79 Å². The van der Waals surface area contributed by atoms with E-state index in [1.54, 1.807) is 7.11 Å². The number of hydrogen-bond acceptors (Lipinski definition) is 8. The minimum Gasteiger partial charge on any atom is -0.493 e. The fourth-order valence-electron chi connectivity index (χ4n) is 4.57. The average Bonchev–Trinajstić information content (AvgIpc) is 3.03. The van der Waals surface area contributed by atoms with Crippen LogP contribution < -0.4 is 19.5 Å². The highest BCUT2D eigenvalue weighted by atomic mass is 16.5. The fourth-order valence-corrected chi connectivity index (χ4v) is 4.57. The Morgan fingerprint density at radius 3 is 2.37 bits per heavy atom. The van der Waals surface area contributed by atoms with Crippen LogP contribution >= 0.6 is 0 Å². The van der Waals surface area contributed by atoms with Gasteiger partial charge in [-0.2, -0.15) is 0 Å². The molecule has 1 aromatic heterocycles. The molecule has 0 aliphatic heterocycles. The summed E-state index contributed by atoms with van der Waals surface area (Å²) in [7, 11) is 1.61. The Morgan fingerprint density at radius 1 is 0.814 bits per heavy atom. The van der Waals surface area contributed by atoms with Crippen molar-refractivity contribution >= 4 is 28.4 Å². The number of nitrogens with zero attached hydrogens (tertiary/aromatic N) is 2. The number of carbonyl (C=O) groups is 1. The monoisotopic (exact) mass is 577 g/mol. The molecule has 0 atom stereocenters. The van der Waals surface area contributed by atoms with E-state index in [4.69, 9.17) is 18.9 Å². The van der Waals surface area contributed by atoms with Gasteiger partial charge in [-0.25, -0.2) is 9.97 Å². The summed E-state index contributed by atoms with van der Waals surface area (Å²) in [6.45, 7) is 2.82. The van der Waals surface area contributed by atoms with Crippen molar-refractivity contribution in [3.05, 3.63) is 108 Å². The molecule has 8 nitrogen and oxygen atoms in total. The number of carbonyl (C=O) groups excluding carboxylic acids is 1. The summed E-state index contributed by atoms with van der Waals surface area (Å²) >= 11 is 0. The van der Waals surface area contributed by atoms with Crippen LogP contribution in [0, 0.1) is 6.92 Å². The number of nitrogens with one attached hydrogen (secondary N) is 1.